The van der Waals surface area contributed by atoms with Crippen molar-refractivity contribution in [2.45, 2.75) is 52.4 Å². The van der Waals surface area contributed by atoms with Crippen LogP contribution in [0.25, 0.3) is 33.8 Å². The van der Waals surface area contributed by atoms with E-state index >= 15 is 0 Å². The van der Waals surface area contributed by atoms with Gasteiger partial charge in [0.05, 0.1) is 10.9 Å². The number of imidazole rings is 1. The molecule has 0 saturated heterocycles. The minimum absolute atomic E-state index is 0.167. The van der Waals surface area contributed by atoms with Crippen LogP contribution in [0.3, 0.4) is 0 Å². The largest absolute Gasteiger partial charge is 0.472 e. The first-order valence-electron chi connectivity index (χ1n) is 12.7. The van der Waals surface area contributed by atoms with Crippen molar-refractivity contribution in [3.05, 3.63) is 89.9 Å². The maximum atomic E-state index is 13.3. The van der Waals surface area contributed by atoms with Gasteiger partial charge in [-0.2, -0.15) is 18.2 Å². The molecular formula is C30H28F3N5O. The molecule has 0 aliphatic heterocycles. The second kappa shape index (κ2) is 10.5. The van der Waals surface area contributed by atoms with Gasteiger partial charge in [-0.1, -0.05) is 56.3 Å². The van der Waals surface area contributed by atoms with Crippen molar-refractivity contribution in [3.63, 3.8) is 0 Å². The van der Waals surface area contributed by atoms with Gasteiger partial charge in [-0.05, 0) is 43.5 Å². The molecule has 0 atom stereocenters. The highest BCUT2D eigenvalue weighted by molar-refractivity contribution is 5.85. The van der Waals surface area contributed by atoms with Crippen molar-refractivity contribution in [2.24, 2.45) is 0 Å². The van der Waals surface area contributed by atoms with Crippen LogP contribution in [0.15, 0.2) is 73.1 Å². The van der Waals surface area contributed by atoms with Gasteiger partial charge >= 0.3 is 6.18 Å². The Morgan fingerprint density at radius 2 is 1.62 bits per heavy atom. The van der Waals surface area contributed by atoms with E-state index in [-0.39, 0.29) is 18.5 Å². The SMILES string of the molecule is CC(C)c1ccccc1-c1nc(OCc2ccc(-c3nc(C(F)(F)F)cn3C(C)C)nc2)c2ccccc2n1. The normalized spacial score (nSPS) is 12.0. The van der Waals surface area contributed by atoms with Gasteiger partial charge in [-0.15, -0.1) is 0 Å². The Morgan fingerprint density at radius 1 is 0.872 bits per heavy atom. The average molecular weight is 532 g/mol. The summed E-state index contributed by atoms with van der Waals surface area (Å²) in [7, 11) is 0. The fourth-order valence-electron chi connectivity index (χ4n) is 4.39. The van der Waals surface area contributed by atoms with Crippen molar-refractivity contribution in [3.8, 4) is 28.8 Å². The van der Waals surface area contributed by atoms with Gasteiger partial charge in [0.2, 0.25) is 5.88 Å². The predicted octanol–water partition coefficient (Wildman–Crippen LogP) is 7.86. The van der Waals surface area contributed by atoms with E-state index in [4.69, 9.17) is 14.7 Å². The van der Waals surface area contributed by atoms with Crippen LogP contribution in [-0.2, 0) is 12.8 Å². The number of fused-ring (bicyclic) bond motifs is 1. The molecule has 5 aromatic rings. The molecule has 9 heteroatoms. The van der Waals surface area contributed by atoms with Crippen LogP contribution >= 0.6 is 0 Å². The summed E-state index contributed by atoms with van der Waals surface area (Å²) >= 11 is 0. The highest BCUT2D eigenvalue weighted by Gasteiger charge is 2.35. The number of ether oxygens (including phenoxy) is 1. The molecule has 0 bridgehead atoms. The number of alkyl halides is 3. The minimum Gasteiger partial charge on any atom is -0.472 e. The van der Waals surface area contributed by atoms with Crippen molar-refractivity contribution in [2.75, 3.05) is 0 Å². The number of nitrogens with zero attached hydrogens (tertiary/aromatic N) is 5. The third-order valence-corrected chi connectivity index (χ3v) is 6.40. The number of rotatable bonds is 7. The monoisotopic (exact) mass is 531 g/mol. The van der Waals surface area contributed by atoms with E-state index in [9.17, 15) is 13.2 Å². The van der Waals surface area contributed by atoms with Gasteiger partial charge in [-0.3, -0.25) is 4.98 Å². The molecule has 0 radical (unpaired) electrons. The highest BCUT2D eigenvalue weighted by atomic mass is 19.4. The van der Waals surface area contributed by atoms with Gasteiger partial charge in [0.25, 0.3) is 0 Å². The summed E-state index contributed by atoms with van der Waals surface area (Å²) in [5, 5.41) is 0.784. The second-order valence-corrected chi connectivity index (χ2v) is 9.90. The highest BCUT2D eigenvalue weighted by Crippen LogP contribution is 2.33. The summed E-state index contributed by atoms with van der Waals surface area (Å²) in [6.07, 6.45) is -1.92. The second-order valence-electron chi connectivity index (χ2n) is 9.90. The Hall–Kier alpha value is -4.27. The third-order valence-electron chi connectivity index (χ3n) is 6.40. The lowest BCUT2D eigenvalue weighted by Gasteiger charge is -2.14. The maximum Gasteiger partial charge on any atom is 0.434 e. The Kier molecular flexibility index (Phi) is 7.08. The first-order valence-corrected chi connectivity index (χ1v) is 12.7. The summed E-state index contributed by atoms with van der Waals surface area (Å²) in [6.45, 7) is 8.03. The van der Waals surface area contributed by atoms with Gasteiger partial charge in [0.1, 0.15) is 12.3 Å². The van der Waals surface area contributed by atoms with Crippen LogP contribution in [0.5, 0.6) is 5.88 Å². The average Bonchev–Trinajstić information content (AvgIpc) is 3.39. The summed E-state index contributed by atoms with van der Waals surface area (Å²) in [4.78, 5) is 17.8. The number of hydrogen-bond acceptors (Lipinski definition) is 5. The molecular weight excluding hydrogens is 503 g/mol. The number of halogens is 3. The fraction of sp³-hybridized carbons (Fsp3) is 0.267. The Bertz CT molecular complexity index is 1610. The van der Waals surface area contributed by atoms with Gasteiger partial charge < -0.3 is 9.30 Å². The number of benzene rings is 2. The van der Waals surface area contributed by atoms with Crippen molar-refractivity contribution in [1.29, 1.82) is 0 Å². The lowest BCUT2D eigenvalue weighted by atomic mass is 9.97. The topological polar surface area (TPSA) is 65.7 Å². The molecule has 0 unspecified atom stereocenters. The van der Waals surface area contributed by atoms with E-state index in [1.54, 1.807) is 32.2 Å². The lowest BCUT2D eigenvalue weighted by Crippen LogP contribution is -2.05. The molecule has 2 aromatic carbocycles. The molecule has 3 heterocycles. The Morgan fingerprint density at radius 3 is 2.31 bits per heavy atom. The molecule has 0 amide bonds. The zero-order valence-corrected chi connectivity index (χ0v) is 22.1. The van der Waals surface area contributed by atoms with Gasteiger partial charge in [0, 0.05) is 29.6 Å². The standard InChI is InChI=1S/C30H28F3N5O/c1-18(2)21-9-5-6-10-22(21)27-35-24-12-8-7-11-23(24)29(37-27)39-17-20-13-14-25(34-15-20)28-36-26(30(31,32)33)16-38(28)19(3)4/h5-16,18-19H,17H2,1-4H3. The Labute approximate surface area is 224 Å². The van der Waals surface area contributed by atoms with Gasteiger partial charge in [-0.25, -0.2) is 9.97 Å². The van der Waals surface area contributed by atoms with Crippen LogP contribution < -0.4 is 4.74 Å². The van der Waals surface area contributed by atoms with E-state index in [0.29, 0.717) is 23.3 Å². The number of hydrogen-bond donors (Lipinski definition) is 0. The van der Waals surface area contributed by atoms with Gasteiger partial charge in [0.15, 0.2) is 17.3 Å². The van der Waals surface area contributed by atoms with E-state index in [1.165, 1.54) is 4.57 Å². The molecule has 5 rings (SSSR count). The van der Waals surface area contributed by atoms with E-state index in [2.05, 4.69) is 29.9 Å². The predicted molar refractivity (Wildman–Crippen MR) is 144 cm³/mol. The number of para-hydroxylation sites is 1. The maximum absolute atomic E-state index is 13.3. The van der Waals surface area contributed by atoms with Crippen molar-refractivity contribution >= 4 is 10.9 Å². The summed E-state index contributed by atoms with van der Waals surface area (Å²) in [5.41, 5.74) is 3.02. The summed E-state index contributed by atoms with van der Waals surface area (Å²) in [5.74, 6) is 1.50. The molecule has 0 aliphatic carbocycles. The van der Waals surface area contributed by atoms with Crippen LogP contribution in [0.4, 0.5) is 13.2 Å². The molecule has 0 spiro atoms. The van der Waals surface area contributed by atoms with E-state index in [1.807, 2.05) is 42.5 Å². The number of pyridine rings is 1. The first kappa shape index (κ1) is 26.3. The molecule has 0 fully saturated rings. The molecule has 0 N–H and O–H groups in total. The zero-order chi connectivity index (χ0) is 27.7. The van der Waals surface area contributed by atoms with Crippen molar-refractivity contribution < 1.29 is 17.9 Å². The fourth-order valence-corrected chi connectivity index (χ4v) is 4.39. The van der Waals surface area contributed by atoms with Crippen LogP contribution in [0.1, 0.15) is 56.5 Å². The molecule has 0 saturated carbocycles. The lowest BCUT2D eigenvalue weighted by molar-refractivity contribution is -0.140. The van der Waals surface area contributed by atoms with E-state index in [0.717, 1.165) is 33.8 Å². The molecule has 200 valence electrons. The third kappa shape index (κ3) is 5.48. The van der Waals surface area contributed by atoms with E-state index < -0.39 is 11.9 Å². The smallest absolute Gasteiger partial charge is 0.434 e. The van der Waals surface area contributed by atoms with Crippen LogP contribution in [-0.4, -0.2) is 24.5 Å². The quantitative estimate of drug-likeness (QED) is 0.214. The number of aromatic nitrogens is 5. The van der Waals surface area contributed by atoms with Crippen LogP contribution in [0.2, 0.25) is 0 Å². The zero-order valence-electron chi connectivity index (χ0n) is 22.1. The summed E-state index contributed by atoms with van der Waals surface area (Å²) in [6, 6.07) is 18.9. The van der Waals surface area contributed by atoms with Crippen molar-refractivity contribution in [1.82, 2.24) is 24.5 Å². The minimum atomic E-state index is -4.53. The van der Waals surface area contributed by atoms with Crippen LogP contribution in [0, 0.1) is 0 Å². The first-order chi connectivity index (χ1) is 18.6. The molecule has 3 aromatic heterocycles. The molecule has 6 nitrogen and oxygen atoms in total. The Balaban J connectivity index is 1.44. The summed E-state index contributed by atoms with van der Waals surface area (Å²) < 4.78 is 47.5. The molecule has 39 heavy (non-hydrogen) atoms. The molecule has 0 aliphatic rings.